The Bertz CT molecular complexity index is 636. The maximum absolute atomic E-state index is 12.8. The van der Waals surface area contributed by atoms with Crippen LogP contribution >= 0.6 is 23.2 Å². The van der Waals surface area contributed by atoms with E-state index in [-0.39, 0.29) is 24.5 Å². The van der Waals surface area contributed by atoms with Crippen LogP contribution in [0.5, 0.6) is 0 Å². The minimum Gasteiger partial charge on any atom is -0.483 e. The lowest BCUT2D eigenvalue weighted by molar-refractivity contribution is -0.122. The molecule has 1 heterocycles. The van der Waals surface area contributed by atoms with E-state index in [0.717, 1.165) is 12.8 Å². The topological polar surface area (TPSA) is 81.1 Å². The fraction of sp³-hybridized carbons (Fsp3) is 0.556. The molecule has 1 aliphatic carbocycles. The molecule has 0 bridgehead atoms. The summed E-state index contributed by atoms with van der Waals surface area (Å²) >= 11 is 12.3. The number of benzene rings is 1. The van der Waals surface area contributed by atoms with E-state index in [1.807, 2.05) is 19.0 Å². The number of likely N-dealkylation sites (tertiary alicyclic amines) is 1. The molecule has 1 aliphatic heterocycles. The van der Waals surface area contributed by atoms with Crippen LogP contribution in [-0.2, 0) is 4.79 Å². The van der Waals surface area contributed by atoms with Gasteiger partial charge in [0.25, 0.3) is 12.4 Å². The highest BCUT2D eigenvalue weighted by atomic mass is 35.5. The first kappa shape index (κ1) is 21.0. The Kier molecular flexibility index (Phi) is 7.29. The van der Waals surface area contributed by atoms with Gasteiger partial charge in [-0.1, -0.05) is 29.3 Å². The van der Waals surface area contributed by atoms with Crippen molar-refractivity contribution in [3.05, 3.63) is 33.8 Å². The Morgan fingerprint density at radius 2 is 1.69 bits per heavy atom. The van der Waals surface area contributed by atoms with Crippen molar-refractivity contribution in [2.45, 2.75) is 25.0 Å². The van der Waals surface area contributed by atoms with E-state index >= 15 is 0 Å². The van der Waals surface area contributed by atoms with Crippen LogP contribution < -0.4 is 0 Å². The molecule has 26 heavy (non-hydrogen) atoms. The number of likely N-dealkylation sites (N-methyl/N-ethyl adjacent to an activating group) is 1. The van der Waals surface area contributed by atoms with Crippen molar-refractivity contribution in [1.29, 1.82) is 0 Å². The third-order valence-electron chi connectivity index (χ3n) is 5.24. The van der Waals surface area contributed by atoms with Crippen molar-refractivity contribution in [2.24, 2.45) is 11.8 Å². The summed E-state index contributed by atoms with van der Waals surface area (Å²) in [7, 11) is 3.99. The van der Waals surface area contributed by atoms with Gasteiger partial charge >= 0.3 is 0 Å². The number of halogens is 2. The summed E-state index contributed by atoms with van der Waals surface area (Å²) in [5.41, 5.74) is 0.388. The number of fused-ring (bicyclic) bond motifs is 1. The van der Waals surface area contributed by atoms with Crippen molar-refractivity contribution >= 4 is 35.6 Å². The van der Waals surface area contributed by atoms with E-state index in [9.17, 15) is 9.90 Å². The number of rotatable bonds is 2. The Balaban J connectivity index is 0.000000758. The molecular formula is C18H24Cl2N2O4. The highest BCUT2D eigenvalue weighted by Crippen LogP contribution is 2.39. The zero-order valence-corrected chi connectivity index (χ0v) is 16.3. The molecule has 0 spiro atoms. The summed E-state index contributed by atoms with van der Waals surface area (Å²) in [6, 6.07) is 5.28. The second kappa shape index (κ2) is 9.04. The van der Waals surface area contributed by atoms with Gasteiger partial charge in [-0.25, -0.2) is 0 Å². The molecule has 1 aromatic rings. The minimum absolute atomic E-state index is 0.106. The molecular weight excluding hydrogens is 379 g/mol. The highest BCUT2D eigenvalue weighted by molar-refractivity contribution is 6.39. The smallest absolute Gasteiger partial charge is 0.290 e. The van der Waals surface area contributed by atoms with Crippen LogP contribution in [0.25, 0.3) is 0 Å². The van der Waals surface area contributed by atoms with Crippen LogP contribution in [0, 0.1) is 11.8 Å². The molecule has 1 amide bonds. The fourth-order valence-electron chi connectivity index (χ4n) is 3.99. The quantitative estimate of drug-likeness (QED) is 0.742. The average molecular weight is 403 g/mol. The number of carbonyl (C=O) groups excluding carboxylic acids is 1. The summed E-state index contributed by atoms with van der Waals surface area (Å²) in [4.78, 5) is 25.1. The van der Waals surface area contributed by atoms with Gasteiger partial charge in [0.15, 0.2) is 0 Å². The molecule has 0 unspecified atom stereocenters. The largest absolute Gasteiger partial charge is 0.483 e. The van der Waals surface area contributed by atoms with Crippen LogP contribution in [0.4, 0.5) is 0 Å². The van der Waals surface area contributed by atoms with Gasteiger partial charge in [0.1, 0.15) is 0 Å². The number of aliphatic hydroxyl groups is 1. The van der Waals surface area contributed by atoms with Crippen LogP contribution in [0.15, 0.2) is 18.2 Å². The van der Waals surface area contributed by atoms with Crippen LogP contribution in [0.3, 0.4) is 0 Å². The monoisotopic (exact) mass is 402 g/mol. The van der Waals surface area contributed by atoms with Crippen molar-refractivity contribution in [2.75, 3.05) is 27.2 Å². The van der Waals surface area contributed by atoms with Crippen molar-refractivity contribution in [1.82, 2.24) is 9.80 Å². The van der Waals surface area contributed by atoms with E-state index in [0.29, 0.717) is 40.5 Å². The molecule has 4 atom stereocenters. The third-order valence-corrected chi connectivity index (χ3v) is 5.87. The Hall–Kier alpha value is -1.34. The lowest BCUT2D eigenvalue weighted by Crippen LogP contribution is -2.46. The molecule has 1 aromatic carbocycles. The van der Waals surface area contributed by atoms with Gasteiger partial charge in [-0.05, 0) is 50.9 Å². The Morgan fingerprint density at radius 1 is 1.19 bits per heavy atom. The van der Waals surface area contributed by atoms with Gasteiger partial charge < -0.3 is 20.0 Å². The van der Waals surface area contributed by atoms with Gasteiger partial charge in [0.2, 0.25) is 0 Å². The number of amides is 1. The molecule has 2 fully saturated rings. The number of hydrogen-bond donors (Lipinski definition) is 2. The first-order valence-corrected chi connectivity index (χ1v) is 9.21. The molecule has 2 N–H and O–H groups in total. The number of carbonyl (C=O) groups is 2. The van der Waals surface area contributed by atoms with Gasteiger partial charge in [0, 0.05) is 19.1 Å². The molecule has 1 saturated carbocycles. The summed E-state index contributed by atoms with van der Waals surface area (Å²) in [6.07, 6.45) is 1.33. The standard InChI is InChI=1S/C17H22Cl2N2O2.CH2O2/c1-20(2)14-6-10-8-21(9-11(10)7-15(14)22)17(23)16-12(18)4-3-5-13(16)19;2-1-3/h3-5,10-11,14-15,22H,6-9H2,1-2H3;1H,(H,2,3)/t10-,11+,14-,15-;/m1./s1. The minimum atomic E-state index is -0.329. The summed E-state index contributed by atoms with van der Waals surface area (Å²) in [6.45, 7) is 1.13. The van der Waals surface area contributed by atoms with Gasteiger partial charge in [0.05, 0.1) is 21.7 Å². The van der Waals surface area contributed by atoms with Crippen LogP contribution in [-0.4, -0.2) is 71.7 Å². The summed E-state index contributed by atoms with van der Waals surface area (Å²) in [5, 5.41) is 18.0. The van der Waals surface area contributed by atoms with Crippen molar-refractivity contribution in [3.63, 3.8) is 0 Å². The first-order chi connectivity index (χ1) is 12.3. The highest BCUT2D eigenvalue weighted by Gasteiger charge is 2.44. The first-order valence-electron chi connectivity index (χ1n) is 8.45. The second-order valence-corrected chi connectivity index (χ2v) is 7.82. The number of aliphatic hydroxyl groups excluding tert-OH is 1. The van der Waals surface area contributed by atoms with E-state index < -0.39 is 0 Å². The van der Waals surface area contributed by atoms with Crippen molar-refractivity contribution < 1.29 is 19.8 Å². The molecule has 0 aromatic heterocycles. The fourth-order valence-corrected chi connectivity index (χ4v) is 4.55. The molecule has 0 radical (unpaired) electrons. The normalized spacial score (nSPS) is 27.5. The Labute approximate surface area is 163 Å². The predicted octanol–water partition coefficient (Wildman–Crippen LogP) is 2.47. The van der Waals surface area contributed by atoms with Gasteiger partial charge in [-0.3, -0.25) is 9.59 Å². The van der Waals surface area contributed by atoms with E-state index in [2.05, 4.69) is 4.90 Å². The zero-order chi connectivity index (χ0) is 19.4. The third kappa shape index (κ3) is 4.49. The van der Waals surface area contributed by atoms with Crippen LogP contribution in [0.1, 0.15) is 23.2 Å². The lowest BCUT2D eigenvalue weighted by atomic mass is 9.77. The maximum atomic E-state index is 12.8. The number of carboxylic acid groups (broad SMARTS) is 1. The van der Waals surface area contributed by atoms with Gasteiger partial charge in [-0.15, -0.1) is 0 Å². The molecule has 1 saturated heterocycles. The average Bonchev–Trinajstić information content (AvgIpc) is 2.97. The molecule has 8 heteroatoms. The SMILES string of the molecule is CN(C)[C@@H]1C[C@@H]2CN(C(=O)c3c(Cl)cccc3Cl)C[C@@H]2C[C@H]1O.O=CO. The summed E-state index contributed by atoms with van der Waals surface area (Å²) < 4.78 is 0. The van der Waals surface area contributed by atoms with Crippen molar-refractivity contribution in [3.8, 4) is 0 Å². The number of hydrogen-bond acceptors (Lipinski definition) is 4. The molecule has 6 nitrogen and oxygen atoms in total. The lowest BCUT2D eigenvalue weighted by Gasteiger charge is -2.38. The van der Waals surface area contributed by atoms with Crippen LogP contribution in [0.2, 0.25) is 10.0 Å². The zero-order valence-electron chi connectivity index (χ0n) is 14.8. The predicted molar refractivity (Wildman–Crippen MR) is 101 cm³/mol. The second-order valence-electron chi connectivity index (χ2n) is 7.00. The maximum Gasteiger partial charge on any atom is 0.290 e. The molecule has 144 valence electrons. The van der Waals surface area contributed by atoms with E-state index in [1.165, 1.54) is 0 Å². The molecule has 3 rings (SSSR count). The number of nitrogens with zero attached hydrogens (tertiary/aromatic N) is 2. The van der Waals surface area contributed by atoms with E-state index in [4.69, 9.17) is 33.1 Å². The van der Waals surface area contributed by atoms with E-state index in [1.54, 1.807) is 18.2 Å². The van der Waals surface area contributed by atoms with Gasteiger partial charge in [-0.2, -0.15) is 0 Å². The summed E-state index contributed by atoms with van der Waals surface area (Å²) in [5.74, 6) is 0.674. The molecule has 2 aliphatic rings. The Morgan fingerprint density at radius 3 is 2.19 bits per heavy atom.